The van der Waals surface area contributed by atoms with Crippen LogP contribution in [0, 0.1) is 5.92 Å². The molecule has 0 spiro atoms. The third-order valence-electron chi connectivity index (χ3n) is 7.69. The summed E-state index contributed by atoms with van der Waals surface area (Å²) in [5.41, 5.74) is 17.2. The third-order valence-corrected chi connectivity index (χ3v) is 8.70. The van der Waals surface area contributed by atoms with E-state index in [1.54, 1.807) is 12.1 Å². The quantitative estimate of drug-likeness (QED) is 0.0368. The molecule has 1 aliphatic heterocycles. The van der Waals surface area contributed by atoms with Crippen molar-refractivity contribution in [3.05, 3.63) is 47.7 Å². The number of carboxylic acids is 1. The Balaban J connectivity index is 1.45. The van der Waals surface area contributed by atoms with E-state index in [1.165, 1.54) is 19.2 Å². The monoisotopic (exact) mass is 723 g/mol. The van der Waals surface area contributed by atoms with E-state index in [9.17, 15) is 27.9 Å². The minimum atomic E-state index is -4.99. The second kappa shape index (κ2) is 15.8. The van der Waals surface area contributed by atoms with Crippen molar-refractivity contribution in [1.82, 2.24) is 14.7 Å². The van der Waals surface area contributed by atoms with Crippen molar-refractivity contribution in [2.75, 3.05) is 25.4 Å². The molecule has 1 aliphatic rings. The zero-order valence-corrected chi connectivity index (χ0v) is 28.4. The molecule has 1 amide bonds. The van der Waals surface area contributed by atoms with Gasteiger partial charge in [0, 0.05) is 18.2 Å². The second-order valence-corrected chi connectivity index (χ2v) is 13.5. The van der Waals surface area contributed by atoms with E-state index in [1.807, 2.05) is 24.5 Å². The van der Waals surface area contributed by atoms with Gasteiger partial charge in [0.15, 0.2) is 23.2 Å². The molecule has 1 aromatic carbocycles. The van der Waals surface area contributed by atoms with E-state index in [0.717, 1.165) is 48.4 Å². The average Bonchev–Trinajstić information content (AvgIpc) is 3.67. The van der Waals surface area contributed by atoms with E-state index in [2.05, 4.69) is 23.8 Å². The predicted octanol–water partition coefficient (Wildman–Crippen LogP) is 0.362. The molecule has 20 heteroatoms. The smallest absolute Gasteiger partial charge is 0.418 e. The number of aromatic nitrogens is 3. The Morgan fingerprint density at radius 2 is 1.86 bits per heavy atom. The van der Waals surface area contributed by atoms with Crippen LogP contribution in [0.1, 0.15) is 38.8 Å². The Bertz CT molecular complexity index is 1760. The van der Waals surface area contributed by atoms with Gasteiger partial charge in [-0.05, 0) is 51.1 Å². The molecule has 0 radical (unpaired) electrons. The van der Waals surface area contributed by atoms with Crippen LogP contribution in [0.2, 0.25) is 0 Å². The number of benzene rings is 1. The molecule has 4 rings (SSSR count). The lowest BCUT2D eigenvalue weighted by Crippen LogP contribution is -2.68. The summed E-state index contributed by atoms with van der Waals surface area (Å²) in [5, 5.41) is 15.5. The summed E-state index contributed by atoms with van der Waals surface area (Å²) in [4.78, 5) is 47.3. The first-order valence-electron chi connectivity index (χ1n) is 15.1. The molecule has 3 heterocycles. The number of ether oxygens (including phenoxy) is 1. The molecule has 18 nitrogen and oxygen atoms in total. The Labute approximate surface area is 285 Å². The van der Waals surface area contributed by atoms with E-state index in [0.29, 0.717) is 23.9 Å². The van der Waals surface area contributed by atoms with Gasteiger partial charge in [-0.2, -0.15) is 18.2 Å². The number of aliphatic carboxylic acids is 1. The van der Waals surface area contributed by atoms with Crippen LogP contribution in [0.25, 0.3) is 11.1 Å². The van der Waals surface area contributed by atoms with Crippen molar-refractivity contribution in [1.29, 1.82) is 0 Å². The summed E-state index contributed by atoms with van der Waals surface area (Å²) in [5.74, 6) is -3.81. The Morgan fingerprint density at radius 3 is 2.43 bits per heavy atom. The first-order chi connectivity index (χ1) is 23.1. The number of rotatable bonds is 19. The molecule has 1 unspecified atom stereocenters. The summed E-state index contributed by atoms with van der Waals surface area (Å²) >= 11 is 0.987. The zero-order valence-electron chi connectivity index (χ0n) is 26.8. The highest BCUT2D eigenvalue weighted by molar-refractivity contribution is 7.80. The highest BCUT2D eigenvalue weighted by Gasteiger charge is 2.57. The van der Waals surface area contributed by atoms with Gasteiger partial charge in [-0.15, -0.1) is 20.3 Å². The van der Waals surface area contributed by atoms with Gasteiger partial charge in [0.05, 0.1) is 29.8 Å². The summed E-state index contributed by atoms with van der Waals surface area (Å²) in [7, 11) is -4.99. The van der Waals surface area contributed by atoms with Crippen molar-refractivity contribution in [2.24, 2.45) is 22.5 Å². The van der Waals surface area contributed by atoms with Crippen LogP contribution in [-0.2, 0) is 47.0 Å². The highest BCUT2D eigenvalue weighted by atomic mass is 32.3. The second-order valence-electron chi connectivity index (χ2n) is 11.6. The number of hydrogen-bond donors (Lipinski definition) is 5. The number of amides is 1. The maximum atomic E-state index is 13.4. The number of ketones is 1. The normalized spacial score (nSPS) is 16.7. The van der Waals surface area contributed by atoms with Gasteiger partial charge in [0.2, 0.25) is 6.20 Å². The number of carboxylic acid groups (broad SMARTS) is 1. The van der Waals surface area contributed by atoms with Gasteiger partial charge in [-0.25, -0.2) is 9.78 Å². The minimum Gasteiger partial charge on any atom is -0.489 e. The van der Waals surface area contributed by atoms with E-state index in [-0.39, 0.29) is 10.8 Å². The number of nitrogens with two attached hydrogens (primary N) is 3. The van der Waals surface area contributed by atoms with Gasteiger partial charge < -0.3 is 31.9 Å². The minimum absolute atomic E-state index is 0.0232. The van der Waals surface area contributed by atoms with Crippen LogP contribution in [0.3, 0.4) is 0 Å². The van der Waals surface area contributed by atoms with Crippen molar-refractivity contribution in [3.63, 3.8) is 0 Å². The lowest BCUT2D eigenvalue weighted by molar-refractivity contribution is -0.775. The number of hydrogen-bond acceptors (Lipinski definition) is 14. The molecule has 2 aromatic heterocycles. The molecule has 49 heavy (non-hydrogen) atoms. The highest BCUT2D eigenvalue weighted by Crippen LogP contribution is 2.40. The number of nitrogens with zero attached hydrogens (tertiary/aromatic N) is 5. The molecule has 266 valence electrons. The van der Waals surface area contributed by atoms with Gasteiger partial charge in [0.1, 0.15) is 18.1 Å². The third kappa shape index (κ3) is 9.37. The fraction of sp³-hybridized carbons (Fsp3) is 0.448. The number of carbonyl (C=O) groups is 3. The van der Waals surface area contributed by atoms with E-state index < -0.39 is 64.4 Å². The molecule has 0 saturated carbocycles. The number of hydroxylamine groups is 2. The Hall–Kier alpha value is -4.47. The number of Topliss-reactive ketones (excluding diaryl/α,β-unsaturated/α-hetero) is 1. The summed E-state index contributed by atoms with van der Waals surface area (Å²) < 4.78 is 45.4. The fourth-order valence-corrected chi connectivity index (χ4v) is 6.01. The van der Waals surface area contributed by atoms with Crippen molar-refractivity contribution in [2.45, 2.75) is 57.8 Å². The molecule has 2 atom stereocenters. The molecule has 0 bridgehead atoms. The van der Waals surface area contributed by atoms with Gasteiger partial charge in [0.25, 0.3) is 12.0 Å². The molecule has 1 saturated heterocycles. The maximum absolute atomic E-state index is 13.4. The number of oxime groups is 1. The van der Waals surface area contributed by atoms with Crippen LogP contribution < -0.4 is 26.6 Å². The first-order valence-corrected chi connectivity index (χ1v) is 17.3. The number of aryl methyl sites for hydroxylation is 2. The number of carbonyl (C=O) groups excluding carboxylic acids is 2. The summed E-state index contributed by atoms with van der Waals surface area (Å²) in [6.45, 7) is 5.01. The van der Waals surface area contributed by atoms with Gasteiger partial charge >= 0.3 is 16.4 Å². The number of nitrogen functional groups attached to an aromatic ring is 1. The van der Waals surface area contributed by atoms with Crippen LogP contribution >= 0.6 is 11.3 Å². The van der Waals surface area contributed by atoms with Gasteiger partial charge in [-0.3, -0.25) is 14.1 Å². The van der Waals surface area contributed by atoms with Crippen molar-refractivity contribution < 1.29 is 51.0 Å². The number of β-lactam (4-membered cyclic amide) rings is 1. The summed E-state index contributed by atoms with van der Waals surface area (Å²) in [6, 6.07) is 7.01. The van der Waals surface area contributed by atoms with Crippen molar-refractivity contribution >= 4 is 50.2 Å². The van der Waals surface area contributed by atoms with Crippen LogP contribution in [0.15, 0.2) is 47.2 Å². The van der Waals surface area contributed by atoms with E-state index >= 15 is 0 Å². The van der Waals surface area contributed by atoms with Crippen LogP contribution in [0.5, 0.6) is 5.75 Å². The largest absolute Gasteiger partial charge is 0.489 e. The molecule has 3 aromatic rings. The number of anilines is 1. The molecule has 0 aliphatic carbocycles. The summed E-state index contributed by atoms with van der Waals surface area (Å²) in [6.07, 6.45) is 3.53. The standard InChI is InChI=1S/C29H38N8O10S2/c1-29(2)21(26(39)37(29)47-49(42,43)44)13-23(38)25(22-17-48-28(32)33-22)34-46-24(27(40)41)16-45-20-7-5-18(6-8-20)19-14-35(11-3-9-30)36(15-19)12-4-10-31/h5-8,14-15,17,21,24H,3-4,9-13,16,30-31H2,1-2H3,(H3-,32,33,40,41,42,43,44)/p+1/b34-25-/t21?,24-/m0/s1. The Kier molecular flexibility index (Phi) is 12.1. The molecule has 8 N–H and O–H groups in total. The molecule has 1 fully saturated rings. The Morgan fingerprint density at radius 1 is 1.16 bits per heavy atom. The molecular formula is C29H39N8O10S2+. The maximum Gasteiger partial charge on any atom is 0.418 e. The number of thiazole rings is 1. The lowest BCUT2D eigenvalue weighted by Gasteiger charge is -2.50. The van der Waals surface area contributed by atoms with E-state index in [4.69, 9.17) is 31.3 Å². The predicted molar refractivity (Wildman–Crippen MR) is 175 cm³/mol. The average molecular weight is 724 g/mol. The lowest BCUT2D eigenvalue weighted by atomic mass is 9.74. The topological polar surface area (TPSA) is 269 Å². The molecular weight excluding hydrogens is 684 g/mol. The van der Waals surface area contributed by atoms with Gasteiger partial charge in [-0.1, -0.05) is 17.3 Å². The zero-order chi connectivity index (χ0) is 35.9. The van der Waals surface area contributed by atoms with Crippen LogP contribution in [-0.4, -0.2) is 87.5 Å². The van der Waals surface area contributed by atoms with Crippen LogP contribution in [0.4, 0.5) is 5.13 Å². The SMILES string of the molecule is CC1(C)C(CC(=O)/C(=N\O[C@@H](COc2ccc(-c3cn(CCCN)[n+](CCCN)c3)cc2)C(=O)O)c2csc(N)n2)C(=O)N1OS(=O)(=O)O. The van der Waals surface area contributed by atoms with Crippen molar-refractivity contribution in [3.8, 4) is 16.9 Å². The first kappa shape index (κ1) is 37.4. The fourth-order valence-electron chi connectivity index (χ4n) is 5.01.